The van der Waals surface area contributed by atoms with Crippen molar-refractivity contribution in [3.05, 3.63) is 63.6 Å². The van der Waals surface area contributed by atoms with Gasteiger partial charge in [0.2, 0.25) is 5.95 Å². The van der Waals surface area contributed by atoms with E-state index in [1.165, 1.54) is 25.3 Å². The van der Waals surface area contributed by atoms with Crippen LogP contribution in [0.3, 0.4) is 0 Å². The van der Waals surface area contributed by atoms with Crippen molar-refractivity contribution in [3.8, 4) is 23.0 Å². The first-order valence-corrected chi connectivity index (χ1v) is 8.90. The molecule has 1 heterocycles. The molecular formula is C20H21N5O5. The zero-order valence-corrected chi connectivity index (χ0v) is 16.6. The van der Waals surface area contributed by atoms with Crippen molar-refractivity contribution in [2.45, 2.75) is 13.3 Å². The molecule has 1 aromatic heterocycles. The second-order valence-corrected chi connectivity index (χ2v) is 6.33. The van der Waals surface area contributed by atoms with Crippen molar-refractivity contribution < 1.29 is 19.7 Å². The summed E-state index contributed by atoms with van der Waals surface area (Å²) < 4.78 is 10.5. The van der Waals surface area contributed by atoms with E-state index in [0.717, 1.165) is 5.56 Å². The molecule has 4 N–H and O–H groups in total. The third kappa shape index (κ3) is 4.66. The molecule has 0 aliphatic rings. The molecule has 0 saturated carbocycles. The summed E-state index contributed by atoms with van der Waals surface area (Å²) in [6.45, 7) is 1.65. The molecule has 0 amide bonds. The Kier molecular flexibility index (Phi) is 6.16. The predicted molar refractivity (Wildman–Crippen MR) is 111 cm³/mol. The Morgan fingerprint density at radius 1 is 1.10 bits per heavy atom. The predicted octanol–water partition coefficient (Wildman–Crippen LogP) is 2.02. The molecule has 0 bridgehead atoms. The Morgan fingerprint density at radius 3 is 2.53 bits per heavy atom. The van der Waals surface area contributed by atoms with Crippen LogP contribution in [0.4, 0.5) is 5.95 Å². The monoisotopic (exact) mass is 411 g/mol. The van der Waals surface area contributed by atoms with Gasteiger partial charge in [0, 0.05) is 18.1 Å². The number of phenols is 2. The van der Waals surface area contributed by atoms with Crippen molar-refractivity contribution in [1.29, 1.82) is 0 Å². The Morgan fingerprint density at radius 2 is 1.87 bits per heavy atom. The molecule has 0 saturated heterocycles. The lowest BCUT2D eigenvalue weighted by molar-refractivity contribution is 0.354. The maximum atomic E-state index is 12.4. The van der Waals surface area contributed by atoms with Crippen LogP contribution in [-0.2, 0) is 6.42 Å². The van der Waals surface area contributed by atoms with Crippen LogP contribution in [0.1, 0.15) is 23.7 Å². The van der Waals surface area contributed by atoms with Gasteiger partial charge < -0.3 is 19.7 Å². The second-order valence-electron chi connectivity index (χ2n) is 6.33. The van der Waals surface area contributed by atoms with Gasteiger partial charge >= 0.3 is 0 Å². The highest BCUT2D eigenvalue weighted by atomic mass is 16.5. The average molecular weight is 411 g/mol. The van der Waals surface area contributed by atoms with Crippen LogP contribution in [0.25, 0.3) is 0 Å². The summed E-state index contributed by atoms with van der Waals surface area (Å²) in [4.78, 5) is 14.9. The number of aromatic hydroxyl groups is 2. The van der Waals surface area contributed by atoms with Crippen LogP contribution in [0.2, 0.25) is 0 Å². The fourth-order valence-electron chi connectivity index (χ4n) is 2.73. The number of aromatic nitrogens is 3. The molecule has 3 rings (SSSR count). The molecule has 0 aliphatic heterocycles. The standard InChI is InChI=1S/C20H21N5O5/c1-11(14-6-5-13(26)10-16(14)27)22-24-20-21-19(28)15(23-25-20)8-12-4-7-17(29-2)18(9-12)30-3/h4-7,9-10,26-27H,8H2,1-3H3,(H2,21,24,25,28)/b22-11-. The fraction of sp³-hybridized carbons (Fsp3) is 0.200. The van der Waals surface area contributed by atoms with Crippen LogP contribution < -0.4 is 20.5 Å². The van der Waals surface area contributed by atoms with E-state index in [1.807, 2.05) is 6.07 Å². The number of phenolic OH excluding ortho intramolecular Hbond substituents is 2. The highest BCUT2D eigenvalue weighted by Crippen LogP contribution is 2.28. The third-order valence-electron chi connectivity index (χ3n) is 4.28. The van der Waals surface area contributed by atoms with Crippen LogP contribution >= 0.6 is 0 Å². The molecule has 3 aromatic rings. The summed E-state index contributed by atoms with van der Waals surface area (Å²) in [5.41, 5.74) is 4.06. The summed E-state index contributed by atoms with van der Waals surface area (Å²) in [6, 6.07) is 9.49. The summed E-state index contributed by atoms with van der Waals surface area (Å²) >= 11 is 0. The number of rotatable bonds is 7. The minimum Gasteiger partial charge on any atom is -0.508 e. The van der Waals surface area contributed by atoms with Gasteiger partial charge in [-0.15, -0.1) is 10.2 Å². The maximum absolute atomic E-state index is 12.4. The van der Waals surface area contributed by atoms with Crippen LogP contribution in [0.5, 0.6) is 23.0 Å². The van der Waals surface area contributed by atoms with E-state index in [4.69, 9.17) is 9.47 Å². The molecule has 156 valence electrons. The van der Waals surface area contributed by atoms with Crippen molar-refractivity contribution in [3.63, 3.8) is 0 Å². The van der Waals surface area contributed by atoms with Gasteiger partial charge in [-0.05, 0) is 36.8 Å². The van der Waals surface area contributed by atoms with E-state index in [2.05, 4.69) is 25.7 Å². The minimum absolute atomic E-state index is 0.0497. The highest BCUT2D eigenvalue weighted by molar-refractivity contribution is 6.01. The molecule has 10 heteroatoms. The Labute approximate surface area is 171 Å². The molecule has 0 radical (unpaired) electrons. The zero-order chi connectivity index (χ0) is 21.7. The van der Waals surface area contributed by atoms with E-state index in [9.17, 15) is 15.0 Å². The smallest absolute Gasteiger partial charge is 0.274 e. The quantitative estimate of drug-likeness (QED) is 0.342. The van der Waals surface area contributed by atoms with Crippen LogP contribution in [0.15, 0.2) is 46.3 Å². The van der Waals surface area contributed by atoms with Crippen molar-refractivity contribution in [1.82, 2.24) is 15.2 Å². The van der Waals surface area contributed by atoms with Gasteiger partial charge in [0.25, 0.3) is 5.56 Å². The van der Waals surface area contributed by atoms with Crippen molar-refractivity contribution in [2.75, 3.05) is 19.6 Å². The third-order valence-corrected chi connectivity index (χ3v) is 4.28. The van der Waals surface area contributed by atoms with Crippen molar-refractivity contribution in [2.24, 2.45) is 5.10 Å². The second kappa shape index (κ2) is 8.95. The van der Waals surface area contributed by atoms with Crippen molar-refractivity contribution >= 4 is 11.7 Å². The van der Waals surface area contributed by atoms with E-state index in [0.29, 0.717) is 22.8 Å². The number of hydrogen-bond donors (Lipinski definition) is 4. The lowest BCUT2D eigenvalue weighted by atomic mass is 10.1. The number of nitrogens with zero attached hydrogens (tertiary/aromatic N) is 3. The average Bonchev–Trinajstić information content (AvgIpc) is 2.73. The number of hydrogen-bond acceptors (Lipinski definition) is 9. The van der Waals surface area contributed by atoms with Crippen LogP contribution in [-0.4, -0.2) is 45.3 Å². The number of ether oxygens (including phenoxy) is 2. The molecule has 10 nitrogen and oxygen atoms in total. The lowest BCUT2D eigenvalue weighted by Crippen LogP contribution is -2.19. The van der Waals surface area contributed by atoms with Gasteiger partial charge in [-0.3, -0.25) is 9.78 Å². The topological polar surface area (TPSA) is 142 Å². The van der Waals surface area contributed by atoms with Crippen LogP contribution in [0, 0.1) is 0 Å². The van der Waals surface area contributed by atoms with E-state index < -0.39 is 5.56 Å². The first-order chi connectivity index (χ1) is 14.4. The molecule has 0 fully saturated rings. The zero-order valence-electron chi connectivity index (χ0n) is 16.6. The lowest BCUT2D eigenvalue weighted by Gasteiger charge is -2.09. The van der Waals surface area contributed by atoms with Gasteiger partial charge in [0.15, 0.2) is 11.5 Å². The first kappa shape index (κ1) is 20.6. The largest absolute Gasteiger partial charge is 0.508 e. The highest BCUT2D eigenvalue weighted by Gasteiger charge is 2.10. The molecular weight excluding hydrogens is 390 g/mol. The number of H-pyrrole nitrogens is 1. The van der Waals surface area contributed by atoms with Gasteiger partial charge in [-0.2, -0.15) is 5.10 Å². The molecule has 0 aliphatic carbocycles. The van der Waals surface area contributed by atoms with E-state index in [-0.39, 0.29) is 29.6 Å². The summed E-state index contributed by atoms with van der Waals surface area (Å²) in [7, 11) is 3.09. The van der Waals surface area contributed by atoms with Gasteiger partial charge in [-0.25, -0.2) is 5.43 Å². The molecule has 0 spiro atoms. The normalized spacial score (nSPS) is 11.2. The minimum atomic E-state index is -0.414. The molecule has 0 unspecified atom stereocenters. The molecule has 30 heavy (non-hydrogen) atoms. The Hall–Kier alpha value is -4.08. The number of benzene rings is 2. The molecule has 2 aromatic carbocycles. The summed E-state index contributed by atoms with van der Waals surface area (Å²) in [5, 5.41) is 31.2. The first-order valence-electron chi connectivity index (χ1n) is 8.90. The van der Waals surface area contributed by atoms with Gasteiger partial charge in [0.05, 0.1) is 19.9 Å². The Bertz CT molecular complexity index is 1140. The van der Waals surface area contributed by atoms with Gasteiger partial charge in [-0.1, -0.05) is 6.07 Å². The number of hydrazone groups is 1. The Balaban J connectivity index is 1.74. The summed E-state index contributed by atoms with van der Waals surface area (Å²) in [6.07, 6.45) is 0.257. The number of aromatic amines is 1. The fourth-order valence-corrected chi connectivity index (χ4v) is 2.73. The number of nitrogens with one attached hydrogen (secondary N) is 2. The van der Waals surface area contributed by atoms with E-state index in [1.54, 1.807) is 26.2 Å². The van der Waals surface area contributed by atoms with Gasteiger partial charge in [0.1, 0.15) is 17.2 Å². The summed E-state index contributed by atoms with van der Waals surface area (Å²) in [5.74, 6) is 1.02. The SMILES string of the molecule is COc1ccc(Cc2nnc(N/N=C(/C)c3ccc(O)cc3O)[nH]c2=O)cc1OC. The maximum Gasteiger partial charge on any atom is 0.274 e. The number of anilines is 1. The molecule has 0 atom stereocenters. The number of methoxy groups -OCH3 is 2. The van der Waals surface area contributed by atoms with E-state index >= 15 is 0 Å².